The van der Waals surface area contributed by atoms with Crippen LogP contribution in [0.4, 0.5) is 11.4 Å². The number of carbonyl (C=O) groups excluding carboxylic acids is 2. The number of hydrogen-bond acceptors (Lipinski definition) is 6. The van der Waals surface area contributed by atoms with E-state index >= 15 is 0 Å². The van der Waals surface area contributed by atoms with Crippen molar-refractivity contribution in [3.8, 4) is 0 Å². The Kier molecular flexibility index (Phi) is 16.4. The number of hydrogen-bond donors (Lipinski definition) is 0. The van der Waals surface area contributed by atoms with E-state index in [0.717, 1.165) is 72.0 Å². The second-order valence-corrected chi connectivity index (χ2v) is 20.8. The molecule has 340 valence electrons. The summed E-state index contributed by atoms with van der Waals surface area (Å²) in [5.74, 6) is -0.209. The lowest BCUT2D eigenvalue weighted by atomic mass is 9.77. The van der Waals surface area contributed by atoms with Gasteiger partial charge in [0.25, 0.3) is 11.8 Å². The van der Waals surface area contributed by atoms with Crippen molar-refractivity contribution in [2.45, 2.75) is 220 Å². The third-order valence-corrected chi connectivity index (χ3v) is 14.9. The molecular weight excluding hydrogens is 770 g/mol. The van der Waals surface area contributed by atoms with E-state index in [1.807, 2.05) is 34.1 Å². The van der Waals surface area contributed by atoms with Crippen LogP contribution in [-0.2, 0) is 28.2 Å². The summed E-state index contributed by atoms with van der Waals surface area (Å²) in [7, 11) is -1.12. The van der Waals surface area contributed by atoms with Crippen LogP contribution < -0.4 is 20.7 Å². The van der Waals surface area contributed by atoms with Crippen LogP contribution in [0.25, 0.3) is 11.1 Å². The quantitative estimate of drug-likeness (QED) is 0.0595. The van der Waals surface area contributed by atoms with Crippen LogP contribution >= 0.6 is 0 Å². The van der Waals surface area contributed by atoms with Crippen LogP contribution in [0, 0.1) is 0 Å². The fourth-order valence-corrected chi connectivity index (χ4v) is 9.38. The molecular formula is C52H80B2N2O6. The Balaban J connectivity index is 1.28. The van der Waals surface area contributed by atoms with E-state index in [0.29, 0.717) is 24.2 Å². The van der Waals surface area contributed by atoms with Crippen molar-refractivity contribution < 1.29 is 28.2 Å². The van der Waals surface area contributed by atoms with Crippen LogP contribution in [-0.4, -0.2) is 61.5 Å². The molecule has 0 aromatic heterocycles. The molecule has 0 bridgehead atoms. The summed E-state index contributed by atoms with van der Waals surface area (Å²) in [5.41, 5.74) is 4.02. The predicted octanol–water partition coefficient (Wildman–Crippen LogP) is 11.7. The van der Waals surface area contributed by atoms with Crippen LogP contribution in [0.5, 0.6) is 0 Å². The molecule has 2 aromatic carbocycles. The number of rotatable bonds is 24. The number of amides is 2. The van der Waals surface area contributed by atoms with E-state index in [-0.39, 0.29) is 11.8 Å². The highest BCUT2D eigenvalue weighted by molar-refractivity contribution is 6.63. The van der Waals surface area contributed by atoms with Gasteiger partial charge in [0, 0.05) is 24.2 Å². The molecule has 4 heterocycles. The van der Waals surface area contributed by atoms with Gasteiger partial charge in [-0.2, -0.15) is 0 Å². The van der Waals surface area contributed by atoms with Gasteiger partial charge in [-0.25, -0.2) is 0 Å². The molecule has 0 N–H and O–H groups in total. The predicted molar refractivity (Wildman–Crippen MR) is 260 cm³/mol. The third kappa shape index (κ3) is 10.8. The summed E-state index contributed by atoms with van der Waals surface area (Å²) in [6.07, 6.45) is 24.4. The van der Waals surface area contributed by atoms with Gasteiger partial charge in [-0.1, -0.05) is 154 Å². The van der Waals surface area contributed by atoms with E-state index in [1.165, 1.54) is 89.9 Å². The van der Waals surface area contributed by atoms with Gasteiger partial charge in [0.15, 0.2) is 0 Å². The zero-order chi connectivity index (χ0) is 44.7. The largest absolute Gasteiger partial charge is 0.494 e. The molecule has 0 atom stereocenters. The Morgan fingerprint density at radius 2 is 0.694 bits per heavy atom. The molecule has 0 radical (unpaired) electrons. The minimum absolute atomic E-state index is 0.105. The molecule has 62 heavy (non-hydrogen) atoms. The number of anilines is 2. The number of nitrogens with zero attached hydrogens (tertiary/aromatic N) is 2. The fourth-order valence-electron chi connectivity index (χ4n) is 9.38. The lowest BCUT2D eigenvalue weighted by Gasteiger charge is -2.32. The smallest absolute Gasteiger partial charge is 0.399 e. The van der Waals surface area contributed by atoms with E-state index in [1.54, 1.807) is 0 Å². The highest BCUT2D eigenvalue weighted by atomic mass is 16.7. The monoisotopic (exact) mass is 851 g/mol. The number of fused-ring (bicyclic) bond motifs is 2. The Bertz CT molecular complexity index is 1720. The van der Waals surface area contributed by atoms with Crippen molar-refractivity contribution in [3.05, 3.63) is 47.5 Å². The molecule has 4 aliphatic rings. The third-order valence-electron chi connectivity index (χ3n) is 14.9. The minimum Gasteiger partial charge on any atom is -0.399 e. The minimum atomic E-state index is -0.560. The molecule has 0 aliphatic carbocycles. The van der Waals surface area contributed by atoms with Crippen molar-refractivity contribution in [2.75, 3.05) is 22.9 Å². The van der Waals surface area contributed by atoms with Gasteiger partial charge in [0.05, 0.1) is 44.9 Å². The summed E-state index contributed by atoms with van der Waals surface area (Å²) in [5, 5.41) is 0. The average molecular weight is 851 g/mol. The molecule has 2 fully saturated rings. The maximum Gasteiger partial charge on any atom is 0.494 e. The lowest BCUT2D eigenvalue weighted by Crippen LogP contribution is -2.41. The molecule has 0 saturated carbocycles. The van der Waals surface area contributed by atoms with E-state index in [4.69, 9.17) is 18.6 Å². The highest BCUT2D eigenvalue weighted by Crippen LogP contribution is 2.47. The van der Waals surface area contributed by atoms with Crippen molar-refractivity contribution in [1.82, 2.24) is 0 Å². The molecule has 2 amide bonds. The number of unbranched alkanes of at least 4 members (excludes halogenated alkanes) is 18. The van der Waals surface area contributed by atoms with Crippen molar-refractivity contribution in [1.29, 1.82) is 0 Å². The summed E-state index contributed by atoms with van der Waals surface area (Å²) < 4.78 is 26.0. The van der Waals surface area contributed by atoms with Gasteiger partial charge in [-0.3, -0.25) is 9.59 Å². The van der Waals surface area contributed by atoms with Gasteiger partial charge in [0.2, 0.25) is 0 Å². The van der Waals surface area contributed by atoms with Gasteiger partial charge in [-0.05, 0) is 91.3 Å². The van der Waals surface area contributed by atoms with Gasteiger partial charge < -0.3 is 28.4 Å². The first kappa shape index (κ1) is 48.5. The summed E-state index contributed by atoms with van der Waals surface area (Å²) in [4.78, 5) is 33.8. The Labute approximate surface area is 376 Å². The van der Waals surface area contributed by atoms with E-state index < -0.39 is 36.6 Å². The lowest BCUT2D eigenvalue weighted by molar-refractivity contribution is -0.114. The van der Waals surface area contributed by atoms with Crippen molar-refractivity contribution >= 4 is 59.5 Å². The van der Waals surface area contributed by atoms with Crippen LogP contribution in [0.2, 0.25) is 0 Å². The SMILES string of the molecule is CCCCCCCCCCCCN1C(=O)/C(=C2/C(=O)N(CCCCCCCCCCCC)c3cc(B4OC(C)(C)C(C)(C)O4)ccc32)c2ccc(B3OC(C)(C)C(C)(C)O3)cc21. The van der Waals surface area contributed by atoms with Gasteiger partial charge in [0.1, 0.15) is 0 Å². The molecule has 2 aromatic rings. The molecule has 10 heteroatoms. The van der Waals surface area contributed by atoms with Crippen molar-refractivity contribution in [3.63, 3.8) is 0 Å². The average Bonchev–Trinajstić information content (AvgIpc) is 3.81. The Hall–Kier alpha value is -2.91. The first-order valence-corrected chi connectivity index (χ1v) is 24.9. The Morgan fingerprint density at radius 1 is 0.419 bits per heavy atom. The normalized spacial score (nSPS) is 20.9. The van der Waals surface area contributed by atoms with Crippen molar-refractivity contribution in [2.24, 2.45) is 0 Å². The maximum atomic E-state index is 15.0. The molecule has 4 aliphatic heterocycles. The summed E-state index contributed by atoms with van der Waals surface area (Å²) in [6, 6.07) is 12.2. The van der Waals surface area contributed by atoms with Gasteiger partial charge in [-0.15, -0.1) is 0 Å². The summed E-state index contributed by atoms with van der Waals surface area (Å²) in [6.45, 7) is 22.2. The molecule has 0 unspecified atom stereocenters. The topological polar surface area (TPSA) is 77.5 Å². The molecule has 2 saturated heterocycles. The maximum absolute atomic E-state index is 15.0. The van der Waals surface area contributed by atoms with Crippen LogP contribution in [0.3, 0.4) is 0 Å². The zero-order valence-electron chi connectivity index (χ0n) is 40.5. The van der Waals surface area contributed by atoms with Gasteiger partial charge >= 0.3 is 14.2 Å². The fraction of sp³-hybridized carbons (Fsp3) is 0.692. The van der Waals surface area contributed by atoms with E-state index in [2.05, 4.69) is 81.4 Å². The van der Waals surface area contributed by atoms with E-state index in [9.17, 15) is 9.59 Å². The number of benzene rings is 2. The first-order valence-electron chi connectivity index (χ1n) is 24.9. The standard InChI is InChI=1S/C52H80B2N2O6/c1-11-13-15-17-19-21-23-25-27-29-35-55-43-37-39(53-59-49(3,4)50(5,6)60-53)31-33-41(43)45(47(55)57)46-42-34-32-40(54-61-51(7,8)52(9,10)62-54)38-44(42)56(48(46)58)36-30-28-26-24-22-20-18-16-14-12-2/h31-34,37-38H,11-30,35-36H2,1-10H3/b46-45+. The second kappa shape index (κ2) is 20.9. The zero-order valence-corrected chi connectivity index (χ0v) is 40.5. The highest BCUT2D eigenvalue weighted by Gasteiger charge is 2.54. The molecule has 0 spiro atoms. The first-order chi connectivity index (χ1) is 29.5. The van der Waals surface area contributed by atoms with Crippen LogP contribution in [0.15, 0.2) is 36.4 Å². The Morgan fingerprint density at radius 3 is 0.984 bits per heavy atom. The van der Waals surface area contributed by atoms with Crippen LogP contribution in [0.1, 0.15) is 209 Å². The molecule has 8 nitrogen and oxygen atoms in total. The number of carbonyl (C=O) groups is 2. The second-order valence-electron chi connectivity index (χ2n) is 20.8. The summed E-state index contributed by atoms with van der Waals surface area (Å²) >= 11 is 0. The molecule has 6 rings (SSSR count).